The molecule has 114 valence electrons. The third kappa shape index (κ3) is 4.88. The minimum absolute atomic E-state index is 0.0389. The van der Waals surface area contributed by atoms with Gasteiger partial charge in [0.05, 0.1) is 6.42 Å². The number of carbonyl (C=O) groups is 2. The molecule has 1 amide bonds. The molecule has 1 atom stereocenters. The number of hydrogen-bond donors (Lipinski definition) is 2. The molecule has 0 fully saturated rings. The van der Waals surface area contributed by atoms with Crippen molar-refractivity contribution in [2.24, 2.45) is 5.92 Å². The van der Waals surface area contributed by atoms with Crippen LogP contribution in [0.3, 0.4) is 0 Å². The third-order valence-corrected chi connectivity index (χ3v) is 3.95. The van der Waals surface area contributed by atoms with Gasteiger partial charge >= 0.3 is 5.97 Å². The van der Waals surface area contributed by atoms with Gasteiger partial charge in [-0.05, 0) is 48.3 Å². The Balaban J connectivity index is 1.84. The van der Waals surface area contributed by atoms with E-state index in [0.29, 0.717) is 13.0 Å². The van der Waals surface area contributed by atoms with Crippen LogP contribution < -0.4 is 5.32 Å². The number of fused-ring (bicyclic) bond motifs is 1. The Bertz CT molecular complexity index is 525. The molecular formula is C17H23NO3. The van der Waals surface area contributed by atoms with Crippen LogP contribution in [0.25, 0.3) is 0 Å². The molecule has 1 aromatic carbocycles. The van der Waals surface area contributed by atoms with Crippen molar-refractivity contribution >= 4 is 11.9 Å². The van der Waals surface area contributed by atoms with Gasteiger partial charge in [0.2, 0.25) is 5.91 Å². The molecule has 2 rings (SSSR count). The average Bonchev–Trinajstić information content (AvgIpc) is 2.44. The second kappa shape index (κ2) is 7.25. The van der Waals surface area contributed by atoms with Crippen LogP contribution >= 0.6 is 0 Å². The van der Waals surface area contributed by atoms with Crippen LogP contribution in [-0.2, 0) is 28.9 Å². The van der Waals surface area contributed by atoms with E-state index in [4.69, 9.17) is 5.11 Å². The Morgan fingerprint density at radius 1 is 1.24 bits per heavy atom. The summed E-state index contributed by atoms with van der Waals surface area (Å²) < 4.78 is 0. The van der Waals surface area contributed by atoms with E-state index in [1.165, 1.54) is 24.0 Å². The topological polar surface area (TPSA) is 66.4 Å². The number of nitrogens with one attached hydrogen (secondary N) is 1. The maximum absolute atomic E-state index is 11.9. The first-order valence-corrected chi connectivity index (χ1v) is 7.64. The molecule has 2 N–H and O–H groups in total. The lowest BCUT2D eigenvalue weighted by Gasteiger charge is -2.16. The van der Waals surface area contributed by atoms with Gasteiger partial charge in [0.15, 0.2) is 0 Å². The fraction of sp³-hybridized carbons (Fsp3) is 0.529. The molecule has 4 heteroatoms. The van der Waals surface area contributed by atoms with E-state index in [1.807, 2.05) is 13.0 Å². The summed E-state index contributed by atoms with van der Waals surface area (Å²) in [6.07, 6.45) is 5.20. The third-order valence-electron chi connectivity index (χ3n) is 3.95. The SMILES string of the molecule is CC(CNC(=O)Cc1ccc2c(c1)CCCC2)CC(=O)O. The predicted molar refractivity (Wildman–Crippen MR) is 81.2 cm³/mol. The van der Waals surface area contributed by atoms with Crippen molar-refractivity contribution in [3.8, 4) is 0 Å². The standard InChI is InChI=1S/C17H23NO3/c1-12(8-17(20)21)11-18-16(19)10-13-6-7-14-4-2-3-5-15(14)9-13/h6-7,9,12H,2-5,8,10-11H2,1H3,(H,18,19)(H,20,21). The van der Waals surface area contributed by atoms with E-state index in [1.54, 1.807) is 0 Å². The van der Waals surface area contributed by atoms with Crippen LogP contribution in [0.4, 0.5) is 0 Å². The molecule has 0 bridgehead atoms. The minimum atomic E-state index is -0.827. The summed E-state index contributed by atoms with van der Waals surface area (Å²) in [6, 6.07) is 6.32. The van der Waals surface area contributed by atoms with Crippen LogP contribution in [0, 0.1) is 5.92 Å². The number of rotatable bonds is 6. The van der Waals surface area contributed by atoms with Crippen molar-refractivity contribution < 1.29 is 14.7 Å². The number of carboxylic acid groups (broad SMARTS) is 1. The van der Waals surface area contributed by atoms with Crippen molar-refractivity contribution in [1.29, 1.82) is 0 Å². The quantitative estimate of drug-likeness (QED) is 0.844. The smallest absolute Gasteiger partial charge is 0.303 e. The summed E-state index contributed by atoms with van der Waals surface area (Å²) in [5.41, 5.74) is 3.84. The van der Waals surface area contributed by atoms with E-state index < -0.39 is 5.97 Å². The van der Waals surface area contributed by atoms with E-state index in [-0.39, 0.29) is 18.2 Å². The Morgan fingerprint density at radius 2 is 1.95 bits per heavy atom. The van der Waals surface area contributed by atoms with E-state index in [2.05, 4.69) is 17.4 Å². The molecular weight excluding hydrogens is 266 g/mol. The highest BCUT2D eigenvalue weighted by Gasteiger charge is 2.12. The molecule has 21 heavy (non-hydrogen) atoms. The predicted octanol–water partition coefficient (Wildman–Crippen LogP) is 2.33. The molecule has 0 aliphatic heterocycles. The molecule has 1 aromatic rings. The monoisotopic (exact) mass is 289 g/mol. The largest absolute Gasteiger partial charge is 0.481 e. The molecule has 0 radical (unpaired) electrons. The van der Waals surface area contributed by atoms with Gasteiger partial charge in [0, 0.05) is 13.0 Å². The highest BCUT2D eigenvalue weighted by atomic mass is 16.4. The number of aliphatic carboxylic acids is 1. The van der Waals surface area contributed by atoms with E-state index in [0.717, 1.165) is 18.4 Å². The number of carbonyl (C=O) groups excluding carboxylic acids is 1. The van der Waals surface area contributed by atoms with Gasteiger partial charge in [-0.1, -0.05) is 25.1 Å². The fourth-order valence-corrected chi connectivity index (χ4v) is 2.80. The Kier molecular flexibility index (Phi) is 5.37. The lowest BCUT2D eigenvalue weighted by atomic mass is 9.90. The molecule has 0 saturated heterocycles. The average molecular weight is 289 g/mol. The maximum Gasteiger partial charge on any atom is 0.303 e. The maximum atomic E-state index is 11.9. The van der Waals surface area contributed by atoms with Gasteiger partial charge in [-0.3, -0.25) is 9.59 Å². The van der Waals surface area contributed by atoms with Crippen LogP contribution in [0.5, 0.6) is 0 Å². The summed E-state index contributed by atoms with van der Waals surface area (Å²) >= 11 is 0. The van der Waals surface area contributed by atoms with E-state index >= 15 is 0 Å². The van der Waals surface area contributed by atoms with Gasteiger partial charge in [-0.25, -0.2) is 0 Å². The summed E-state index contributed by atoms with van der Waals surface area (Å²) in [5, 5.41) is 11.5. The number of aryl methyl sites for hydroxylation is 2. The number of benzene rings is 1. The highest BCUT2D eigenvalue weighted by Crippen LogP contribution is 2.22. The summed E-state index contributed by atoms with van der Waals surface area (Å²) in [5.74, 6) is -0.913. The number of hydrogen-bond acceptors (Lipinski definition) is 2. The van der Waals surface area contributed by atoms with Crippen LogP contribution in [0.2, 0.25) is 0 Å². The molecule has 0 aromatic heterocycles. The first kappa shape index (κ1) is 15.5. The zero-order chi connectivity index (χ0) is 15.2. The molecule has 1 aliphatic rings. The first-order chi connectivity index (χ1) is 10.0. The lowest BCUT2D eigenvalue weighted by Crippen LogP contribution is -2.30. The molecule has 4 nitrogen and oxygen atoms in total. The van der Waals surface area contributed by atoms with Gasteiger partial charge in [0.25, 0.3) is 0 Å². The second-order valence-corrected chi connectivity index (χ2v) is 5.99. The van der Waals surface area contributed by atoms with Crippen molar-refractivity contribution in [3.05, 3.63) is 34.9 Å². The van der Waals surface area contributed by atoms with Crippen LogP contribution in [0.1, 0.15) is 42.9 Å². The van der Waals surface area contributed by atoms with Gasteiger partial charge in [-0.15, -0.1) is 0 Å². The Morgan fingerprint density at radius 3 is 2.67 bits per heavy atom. The van der Waals surface area contributed by atoms with Gasteiger partial charge in [0.1, 0.15) is 0 Å². The normalized spacial score (nSPS) is 15.1. The van der Waals surface area contributed by atoms with Crippen molar-refractivity contribution in [3.63, 3.8) is 0 Å². The molecule has 0 heterocycles. The lowest BCUT2D eigenvalue weighted by molar-refractivity contribution is -0.138. The summed E-state index contributed by atoms with van der Waals surface area (Å²) in [7, 11) is 0. The minimum Gasteiger partial charge on any atom is -0.481 e. The molecule has 0 saturated carbocycles. The zero-order valence-electron chi connectivity index (χ0n) is 12.5. The Labute approximate surface area is 125 Å². The van der Waals surface area contributed by atoms with Crippen LogP contribution in [0.15, 0.2) is 18.2 Å². The van der Waals surface area contributed by atoms with Crippen LogP contribution in [-0.4, -0.2) is 23.5 Å². The van der Waals surface area contributed by atoms with E-state index in [9.17, 15) is 9.59 Å². The molecule has 1 unspecified atom stereocenters. The molecule has 1 aliphatic carbocycles. The highest BCUT2D eigenvalue weighted by molar-refractivity contribution is 5.78. The Hall–Kier alpha value is -1.84. The molecule has 0 spiro atoms. The van der Waals surface area contributed by atoms with Gasteiger partial charge < -0.3 is 10.4 Å². The summed E-state index contributed by atoms with van der Waals surface area (Å²) in [6.45, 7) is 2.24. The van der Waals surface area contributed by atoms with Crippen molar-refractivity contribution in [2.75, 3.05) is 6.54 Å². The zero-order valence-corrected chi connectivity index (χ0v) is 12.5. The number of carboxylic acids is 1. The fourth-order valence-electron chi connectivity index (χ4n) is 2.80. The van der Waals surface area contributed by atoms with Crippen molar-refractivity contribution in [2.45, 2.75) is 45.4 Å². The number of amides is 1. The van der Waals surface area contributed by atoms with Crippen molar-refractivity contribution in [1.82, 2.24) is 5.32 Å². The van der Waals surface area contributed by atoms with Gasteiger partial charge in [-0.2, -0.15) is 0 Å². The first-order valence-electron chi connectivity index (χ1n) is 7.64. The summed E-state index contributed by atoms with van der Waals surface area (Å²) in [4.78, 5) is 22.5. The second-order valence-electron chi connectivity index (χ2n) is 5.99.